The number of hydrogen-bond donors (Lipinski definition) is 1. The normalized spacial score (nSPS) is 11.8. The largest absolute Gasteiger partial charge is 0.468 e. The van der Waals surface area contributed by atoms with Gasteiger partial charge in [0.15, 0.2) is 0 Å². The van der Waals surface area contributed by atoms with E-state index < -0.39 is 11.3 Å². The predicted octanol–water partition coefficient (Wildman–Crippen LogP) is 3.38. The maximum Gasteiger partial charge on any atom is 0.407 e. The van der Waals surface area contributed by atoms with E-state index in [0.29, 0.717) is 5.25 Å². The Kier molecular flexibility index (Phi) is 9.21. The van der Waals surface area contributed by atoms with E-state index in [-0.39, 0.29) is 19.1 Å². The second kappa shape index (κ2) is 10.9. The highest BCUT2D eigenvalue weighted by Gasteiger charge is 2.24. The van der Waals surface area contributed by atoms with Crippen LogP contribution in [0.5, 0.6) is 0 Å². The highest BCUT2D eigenvalue weighted by Crippen LogP contribution is 2.23. The average Bonchev–Trinajstić information content (AvgIpc) is 2.60. The first-order valence-corrected chi connectivity index (χ1v) is 8.72. The zero-order chi connectivity index (χ0) is 17.1. The van der Waals surface area contributed by atoms with Crippen LogP contribution >= 0.6 is 11.8 Å². The zero-order valence-corrected chi connectivity index (χ0v) is 14.7. The lowest BCUT2D eigenvalue weighted by molar-refractivity contribution is -0.139. The molecule has 6 heteroatoms. The van der Waals surface area contributed by atoms with E-state index in [1.807, 2.05) is 30.3 Å². The summed E-state index contributed by atoms with van der Waals surface area (Å²) in [5.74, 6) is -0.328. The molecule has 128 valence electrons. The lowest BCUT2D eigenvalue weighted by Gasteiger charge is -2.20. The van der Waals surface area contributed by atoms with Crippen LogP contribution in [0, 0.1) is 0 Å². The molecule has 1 N–H and O–H groups in total. The molecule has 0 bridgehead atoms. The van der Waals surface area contributed by atoms with E-state index in [9.17, 15) is 9.59 Å². The SMILES string of the molecule is CCC(CC)SC(CNC(=O)OCc1ccccc1)C(=O)OC. The van der Waals surface area contributed by atoms with Crippen LogP contribution in [0.4, 0.5) is 4.79 Å². The summed E-state index contributed by atoms with van der Waals surface area (Å²) in [7, 11) is 1.36. The number of amides is 1. The molecule has 5 nitrogen and oxygen atoms in total. The fourth-order valence-corrected chi connectivity index (χ4v) is 3.22. The number of thioether (sulfide) groups is 1. The molecule has 0 aromatic heterocycles. The second-order valence-corrected chi connectivity index (χ2v) is 6.54. The van der Waals surface area contributed by atoms with Crippen molar-refractivity contribution in [3.63, 3.8) is 0 Å². The van der Waals surface area contributed by atoms with Crippen molar-refractivity contribution in [2.75, 3.05) is 13.7 Å². The number of ether oxygens (including phenoxy) is 2. The molecule has 0 radical (unpaired) electrons. The molecule has 0 heterocycles. The molecule has 0 fully saturated rings. The monoisotopic (exact) mass is 339 g/mol. The molecular weight excluding hydrogens is 314 g/mol. The summed E-state index contributed by atoms with van der Waals surface area (Å²) >= 11 is 1.53. The highest BCUT2D eigenvalue weighted by atomic mass is 32.2. The lowest BCUT2D eigenvalue weighted by atomic mass is 10.2. The fraction of sp³-hybridized carbons (Fsp3) is 0.529. The zero-order valence-electron chi connectivity index (χ0n) is 13.9. The van der Waals surface area contributed by atoms with Gasteiger partial charge in [-0.1, -0.05) is 44.2 Å². The van der Waals surface area contributed by atoms with Crippen LogP contribution < -0.4 is 5.32 Å². The first kappa shape index (κ1) is 19.4. The molecule has 1 amide bonds. The van der Waals surface area contributed by atoms with E-state index >= 15 is 0 Å². The molecule has 1 unspecified atom stereocenters. The van der Waals surface area contributed by atoms with Crippen LogP contribution in [-0.2, 0) is 20.9 Å². The van der Waals surface area contributed by atoms with E-state index in [1.54, 1.807) is 0 Å². The molecule has 1 aromatic carbocycles. The van der Waals surface area contributed by atoms with Gasteiger partial charge in [0.2, 0.25) is 0 Å². The molecule has 23 heavy (non-hydrogen) atoms. The number of esters is 1. The van der Waals surface area contributed by atoms with Crippen molar-refractivity contribution in [1.82, 2.24) is 5.32 Å². The van der Waals surface area contributed by atoms with Crippen LogP contribution in [0.1, 0.15) is 32.3 Å². The molecule has 0 aliphatic rings. The summed E-state index contributed by atoms with van der Waals surface area (Å²) in [6.07, 6.45) is 1.40. The minimum atomic E-state index is -0.534. The van der Waals surface area contributed by atoms with E-state index in [1.165, 1.54) is 18.9 Å². The fourth-order valence-electron chi connectivity index (χ4n) is 1.98. The van der Waals surface area contributed by atoms with Gasteiger partial charge in [-0.15, -0.1) is 11.8 Å². The third kappa shape index (κ3) is 7.41. The number of carbonyl (C=O) groups excluding carboxylic acids is 2. The number of alkyl carbamates (subject to hydrolysis) is 1. The van der Waals surface area contributed by atoms with Crippen molar-refractivity contribution < 1.29 is 19.1 Å². The molecule has 0 aliphatic heterocycles. The van der Waals surface area contributed by atoms with Crippen molar-refractivity contribution in [2.45, 2.75) is 43.8 Å². The maximum absolute atomic E-state index is 11.8. The van der Waals surface area contributed by atoms with Crippen molar-refractivity contribution in [3.8, 4) is 0 Å². The Morgan fingerprint density at radius 1 is 1.17 bits per heavy atom. The smallest absolute Gasteiger partial charge is 0.407 e. The molecule has 0 spiro atoms. The Hall–Kier alpha value is -1.69. The standard InChI is InChI=1S/C17H25NO4S/c1-4-14(5-2)23-15(16(19)21-3)11-18-17(20)22-12-13-9-7-6-8-10-13/h6-10,14-15H,4-5,11-12H2,1-3H3,(H,18,20). The van der Waals surface area contributed by atoms with Gasteiger partial charge >= 0.3 is 12.1 Å². The molecule has 1 rings (SSSR count). The van der Waals surface area contributed by atoms with Gasteiger partial charge in [0.25, 0.3) is 0 Å². The second-order valence-electron chi connectivity index (χ2n) is 5.03. The summed E-state index contributed by atoms with van der Waals surface area (Å²) in [6.45, 7) is 4.56. The average molecular weight is 339 g/mol. The van der Waals surface area contributed by atoms with Gasteiger partial charge in [-0.05, 0) is 18.4 Å². The molecule has 0 saturated carbocycles. The van der Waals surface area contributed by atoms with Crippen molar-refractivity contribution in [2.24, 2.45) is 0 Å². The van der Waals surface area contributed by atoms with Gasteiger partial charge in [-0.3, -0.25) is 4.79 Å². The number of methoxy groups -OCH3 is 1. The first-order chi connectivity index (χ1) is 11.1. The Morgan fingerprint density at radius 3 is 2.39 bits per heavy atom. The van der Waals surface area contributed by atoms with E-state index in [4.69, 9.17) is 9.47 Å². The number of hydrogen-bond acceptors (Lipinski definition) is 5. The van der Waals surface area contributed by atoms with Crippen molar-refractivity contribution in [1.29, 1.82) is 0 Å². The summed E-state index contributed by atoms with van der Waals surface area (Å²) in [5, 5.41) is 2.58. The number of carbonyl (C=O) groups is 2. The first-order valence-electron chi connectivity index (χ1n) is 7.78. The number of benzene rings is 1. The molecular formula is C17H25NO4S. The minimum absolute atomic E-state index is 0.196. The molecule has 0 saturated heterocycles. The van der Waals surface area contributed by atoms with Crippen LogP contribution in [0.2, 0.25) is 0 Å². The third-order valence-electron chi connectivity index (χ3n) is 3.38. The molecule has 1 atom stereocenters. The van der Waals surface area contributed by atoms with E-state index in [2.05, 4.69) is 19.2 Å². The van der Waals surface area contributed by atoms with Crippen LogP contribution in [0.3, 0.4) is 0 Å². The van der Waals surface area contributed by atoms with Gasteiger partial charge in [-0.2, -0.15) is 0 Å². The third-order valence-corrected chi connectivity index (χ3v) is 5.12. The summed E-state index contributed by atoms with van der Waals surface area (Å²) < 4.78 is 9.95. The Balaban J connectivity index is 2.43. The Morgan fingerprint density at radius 2 is 1.83 bits per heavy atom. The highest BCUT2D eigenvalue weighted by molar-refractivity contribution is 8.01. The summed E-state index contributed by atoms with van der Waals surface area (Å²) in [6, 6.07) is 9.44. The van der Waals surface area contributed by atoms with E-state index in [0.717, 1.165) is 18.4 Å². The maximum atomic E-state index is 11.8. The van der Waals surface area contributed by atoms with Gasteiger partial charge in [-0.25, -0.2) is 4.79 Å². The summed E-state index contributed by atoms with van der Waals surface area (Å²) in [4.78, 5) is 23.6. The van der Waals surface area contributed by atoms with Crippen LogP contribution in [0.15, 0.2) is 30.3 Å². The topological polar surface area (TPSA) is 64.6 Å². The van der Waals surface area contributed by atoms with Crippen LogP contribution in [0.25, 0.3) is 0 Å². The van der Waals surface area contributed by atoms with Gasteiger partial charge in [0.1, 0.15) is 11.9 Å². The van der Waals surface area contributed by atoms with Crippen molar-refractivity contribution in [3.05, 3.63) is 35.9 Å². The van der Waals surface area contributed by atoms with Gasteiger partial charge in [0, 0.05) is 11.8 Å². The number of rotatable bonds is 9. The molecule has 0 aliphatic carbocycles. The Labute approximate surface area is 142 Å². The molecule has 1 aromatic rings. The van der Waals surface area contributed by atoms with Gasteiger partial charge < -0.3 is 14.8 Å². The number of nitrogens with one attached hydrogen (secondary N) is 1. The lowest BCUT2D eigenvalue weighted by Crippen LogP contribution is -2.36. The van der Waals surface area contributed by atoms with Gasteiger partial charge in [0.05, 0.1) is 7.11 Å². The van der Waals surface area contributed by atoms with Crippen molar-refractivity contribution >= 4 is 23.8 Å². The quantitative estimate of drug-likeness (QED) is 0.699. The predicted molar refractivity (Wildman–Crippen MR) is 92.4 cm³/mol. The minimum Gasteiger partial charge on any atom is -0.468 e. The van der Waals surface area contributed by atoms with Crippen LogP contribution in [-0.4, -0.2) is 36.2 Å². The Bertz CT molecular complexity index is 477. The summed E-state index contributed by atoms with van der Waals surface area (Å²) in [5.41, 5.74) is 0.915.